The van der Waals surface area contributed by atoms with Crippen LogP contribution in [0.25, 0.3) is 0 Å². The molecule has 1 aliphatic rings. The van der Waals surface area contributed by atoms with Gasteiger partial charge in [0.1, 0.15) is 6.29 Å². The standard InChI is InChI=1S/C16H21NO4/c1-20-15-10-13(11-18)6-7-14(15)21-12-16(19)17-8-4-2-3-5-9-17/h6-7,10-11H,2-5,8-9,12H2,1H3. The van der Waals surface area contributed by atoms with Crippen LogP contribution in [0.15, 0.2) is 18.2 Å². The van der Waals surface area contributed by atoms with Gasteiger partial charge in [-0.2, -0.15) is 0 Å². The Hall–Kier alpha value is -2.04. The van der Waals surface area contributed by atoms with Crippen molar-refractivity contribution in [3.8, 4) is 11.5 Å². The Kier molecular flexibility index (Phi) is 5.60. The van der Waals surface area contributed by atoms with Crippen molar-refractivity contribution in [3.63, 3.8) is 0 Å². The van der Waals surface area contributed by atoms with Crippen molar-refractivity contribution in [1.29, 1.82) is 0 Å². The molecule has 1 saturated heterocycles. The average Bonchev–Trinajstić information content (AvgIpc) is 2.81. The maximum atomic E-state index is 12.2. The molecule has 1 aromatic rings. The molecular formula is C16H21NO4. The van der Waals surface area contributed by atoms with Crippen molar-refractivity contribution in [3.05, 3.63) is 23.8 Å². The van der Waals surface area contributed by atoms with E-state index in [4.69, 9.17) is 9.47 Å². The molecule has 2 rings (SSSR count). The summed E-state index contributed by atoms with van der Waals surface area (Å²) in [6.45, 7) is 1.61. The zero-order valence-corrected chi connectivity index (χ0v) is 12.3. The lowest BCUT2D eigenvalue weighted by Crippen LogP contribution is -2.35. The summed E-state index contributed by atoms with van der Waals surface area (Å²) in [6.07, 6.45) is 5.23. The van der Waals surface area contributed by atoms with E-state index in [-0.39, 0.29) is 12.5 Å². The molecule has 0 aliphatic carbocycles. The Balaban J connectivity index is 1.95. The van der Waals surface area contributed by atoms with Gasteiger partial charge in [-0.3, -0.25) is 9.59 Å². The van der Waals surface area contributed by atoms with E-state index in [9.17, 15) is 9.59 Å². The van der Waals surface area contributed by atoms with Crippen LogP contribution in [-0.2, 0) is 4.79 Å². The molecule has 0 unspecified atom stereocenters. The van der Waals surface area contributed by atoms with E-state index in [1.807, 2.05) is 4.90 Å². The monoisotopic (exact) mass is 291 g/mol. The highest BCUT2D eigenvalue weighted by atomic mass is 16.5. The number of likely N-dealkylation sites (tertiary alicyclic amines) is 1. The molecule has 0 spiro atoms. The van der Waals surface area contributed by atoms with Crippen LogP contribution < -0.4 is 9.47 Å². The molecular weight excluding hydrogens is 270 g/mol. The first-order valence-corrected chi connectivity index (χ1v) is 7.28. The molecule has 0 bridgehead atoms. The Morgan fingerprint density at radius 1 is 1.19 bits per heavy atom. The van der Waals surface area contributed by atoms with Gasteiger partial charge >= 0.3 is 0 Å². The maximum Gasteiger partial charge on any atom is 0.260 e. The summed E-state index contributed by atoms with van der Waals surface area (Å²) in [4.78, 5) is 24.7. The van der Waals surface area contributed by atoms with E-state index >= 15 is 0 Å². The first-order valence-electron chi connectivity index (χ1n) is 7.28. The molecule has 0 aromatic heterocycles. The summed E-state index contributed by atoms with van der Waals surface area (Å²) in [6, 6.07) is 4.89. The minimum Gasteiger partial charge on any atom is -0.493 e. The van der Waals surface area contributed by atoms with Gasteiger partial charge in [-0.25, -0.2) is 0 Å². The van der Waals surface area contributed by atoms with E-state index in [0.29, 0.717) is 17.1 Å². The smallest absolute Gasteiger partial charge is 0.260 e. The third kappa shape index (κ3) is 4.21. The van der Waals surface area contributed by atoms with Crippen LogP contribution in [0.1, 0.15) is 36.0 Å². The van der Waals surface area contributed by atoms with Crippen molar-refractivity contribution < 1.29 is 19.1 Å². The zero-order chi connectivity index (χ0) is 15.1. The molecule has 1 fully saturated rings. The molecule has 21 heavy (non-hydrogen) atoms. The van der Waals surface area contributed by atoms with Gasteiger partial charge in [0.2, 0.25) is 0 Å². The molecule has 1 heterocycles. The molecule has 5 heteroatoms. The summed E-state index contributed by atoms with van der Waals surface area (Å²) in [5.41, 5.74) is 0.512. The summed E-state index contributed by atoms with van der Waals surface area (Å²) < 4.78 is 10.7. The lowest BCUT2D eigenvalue weighted by atomic mass is 10.2. The number of hydrogen-bond donors (Lipinski definition) is 0. The van der Waals surface area contributed by atoms with Gasteiger partial charge in [0.15, 0.2) is 18.1 Å². The number of hydrogen-bond acceptors (Lipinski definition) is 4. The second-order valence-electron chi connectivity index (χ2n) is 5.11. The Bertz CT molecular complexity index is 493. The van der Waals surface area contributed by atoms with Crippen LogP contribution in [0.5, 0.6) is 11.5 Å². The molecule has 0 radical (unpaired) electrons. The lowest BCUT2D eigenvalue weighted by Gasteiger charge is -2.20. The number of aldehydes is 1. The van der Waals surface area contributed by atoms with Crippen LogP contribution in [0, 0.1) is 0 Å². The second kappa shape index (κ2) is 7.67. The summed E-state index contributed by atoms with van der Waals surface area (Å²) in [5, 5.41) is 0. The average molecular weight is 291 g/mol. The zero-order valence-electron chi connectivity index (χ0n) is 12.3. The highest BCUT2D eigenvalue weighted by Gasteiger charge is 2.16. The highest BCUT2D eigenvalue weighted by molar-refractivity contribution is 5.78. The first kappa shape index (κ1) is 15.4. The number of amides is 1. The number of benzene rings is 1. The van der Waals surface area contributed by atoms with Gasteiger partial charge < -0.3 is 14.4 Å². The van der Waals surface area contributed by atoms with Gasteiger partial charge in [-0.15, -0.1) is 0 Å². The van der Waals surface area contributed by atoms with Gasteiger partial charge in [0.25, 0.3) is 5.91 Å². The van der Waals surface area contributed by atoms with E-state index in [0.717, 1.165) is 32.2 Å². The van der Waals surface area contributed by atoms with Gasteiger partial charge in [0, 0.05) is 18.7 Å². The number of nitrogens with zero attached hydrogens (tertiary/aromatic N) is 1. The van der Waals surface area contributed by atoms with Crippen molar-refractivity contribution in [2.24, 2.45) is 0 Å². The predicted octanol–water partition coefficient (Wildman–Crippen LogP) is 2.29. The third-order valence-corrected chi connectivity index (χ3v) is 3.63. The van der Waals surface area contributed by atoms with Crippen molar-refractivity contribution >= 4 is 12.2 Å². The van der Waals surface area contributed by atoms with Gasteiger partial charge in [0.05, 0.1) is 7.11 Å². The van der Waals surface area contributed by atoms with E-state index < -0.39 is 0 Å². The molecule has 5 nitrogen and oxygen atoms in total. The molecule has 0 N–H and O–H groups in total. The number of methoxy groups -OCH3 is 1. The predicted molar refractivity (Wildman–Crippen MR) is 78.9 cm³/mol. The third-order valence-electron chi connectivity index (χ3n) is 3.63. The quantitative estimate of drug-likeness (QED) is 0.781. The van der Waals surface area contributed by atoms with Crippen molar-refractivity contribution in [2.45, 2.75) is 25.7 Å². The lowest BCUT2D eigenvalue weighted by molar-refractivity contribution is -0.133. The van der Waals surface area contributed by atoms with Crippen LogP contribution in [0.4, 0.5) is 0 Å². The van der Waals surface area contributed by atoms with Crippen LogP contribution in [-0.4, -0.2) is 43.9 Å². The van der Waals surface area contributed by atoms with Gasteiger partial charge in [-0.1, -0.05) is 12.8 Å². The molecule has 1 aromatic carbocycles. The van der Waals surface area contributed by atoms with Crippen LogP contribution in [0.2, 0.25) is 0 Å². The minimum absolute atomic E-state index is 0.00147. The first-order chi connectivity index (χ1) is 10.2. The fourth-order valence-electron chi connectivity index (χ4n) is 2.43. The van der Waals surface area contributed by atoms with Crippen LogP contribution in [0.3, 0.4) is 0 Å². The van der Waals surface area contributed by atoms with E-state index in [2.05, 4.69) is 0 Å². The highest BCUT2D eigenvalue weighted by Crippen LogP contribution is 2.27. The number of carbonyl (C=O) groups excluding carboxylic acids is 2. The fourth-order valence-corrected chi connectivity index (χ4v) is 2.43. The minimum atomic E-state index is -0.00318. The molecule has 114 valence electrons. The van der Waals surface area contributed by atoms with E-state index in [1.54, 1.807) is 18.2 Å². The molecule has 0 atom stereocenters. The normalized spacial score (nSPS) is 15.2. The molecule has 1 aliphatic heterocycles. The Morgan fingerprint density at radius 3 is 2.52 bits per heavy atom. The molecule has 0 saturated carbocycles. The topological polar surface area (TPSA) is 55.8 Å². The molecule has 1 amide bonds. The summed E-state index contributed by atoms with van der Waals surface area (Å²) in [5.74, 6) is 0.938. The SMILES string of the molecule is COc1cc(C=O)ccc1OCC(=O)N1CCCCCC1. The maximum absolute atomic E-state index is 12.2. The number of ether oxygens (including phenoxy) is 2. The largest absolute Gasteiger partial charge is 0.493 e. The van der Waals surface area contributed by atoms with Crippen LogP contribution >= 0.6 is 0 Å². The van der Waals surface area contributed by atoms with Crippen molar-refractivity contribution in [1.82, 2.24) is 4.90 Å². The summed E-state index contributed by atoms with van der Waals surface area (Å²) >= 11 is 0. The number of carbonyl (C=O) groups is 2. The Labute approximate surface area is 124 Å². The van der Waals surface area contributed by atoms with Gasteiger partial charge in [-0.05, 0) is 31.0 Å². The Morgan fingerprint density at radius 2 is 1.90 bits per heavy atom. The second-order valence-corrected chi connectivity index (χ2v) is 5.11. The number of rotatable bonds is 5. The summed E-state index contributed by atoms with van der Waals surface area (Å²) in [7, 11) is 1.51. The van der Waals surface area contributed by atoms with E-state index in [1.165, 1.54) is 20.0 Å². The van der Waals surface area contributed by atoms with Crippen molar-refractivity contribution in [2.75, 3.05) is 26.8 Å². The fraction of sp³-hybridized carbons (Fsp3) is 0.500.